The van der Waals surface area contributed by atoms with Crippen LogP contribution in [0.4, 0.5) is 14.5 Å². The van der Waals surface area contributed by atoms with Crippen LogP contribution in [0.2, 0.25) is 0 Å². The number of non-ortho nitro benzene ring substituents is 1. The van der Waals surface area contributed by atoms with Gasteiger partial charge in [-0.15, -0.1) is 0 Å². The lowest BCUT2D eigenvalue weighted by Crippen LogP contribution is -2.51. The van der Waals surface area contributed by atoms with E-state index in [-0.39, 0.29) is 11.3 Å². The van der Waals surface area contributed by atoms with Crippen LogP contribution in [0.1, 0.15) is 11.6 Å². The number of hydrogen-bond donors (Lipinski definition) is 2. The van der Waals surface area contributed by atoms with Gasteiger partial charge in [0.15, 0.2) is 0 Å². The van der Waals surface area contributed by atoms with Gasteiger partial charge in [0.05, 0.1) is 4.92 Å². The second kappa shape index (κ2) is 6.42. The maximum atomic E-state index is 14.1. The molecule has 2 rings (SSSR count). The minimum Gasteiger partial charge on any atom is -0.390 e. The number of aliphatic hydroxyl groups excluding tert-OH is 1. The van der Waals surface area contributed by atoms with Crippen molar-refractivity contribution in [3.8, 4) is 0 Å². The van der Waals surface area contributed by atoms with E-state index in [1.165, 1.54) is 18.2 Å². The molecule has 21 heavy (non-hydrogen) atoms. The Hall–Kier alpha value is -1.64. The second-order valence-corrected chi connectivity index (χ2v) is 4.96. The molecule has 0 aliphatic carbocycles. The molecule has 0 bridgehead atoms. The summed E-state index contributed by atoms with van der Waals surface area (Å²) < 4.78 is 28.3. The fraction of sp³-hybridized carbons (Fsp3) is 0.538. The number of halogens is 2. The number of aliphatic hydroxyl groups is 1. The number of nitro benzene ring substituents is 1. The van der Waals surface area contributed by atoms with Crippen molar-refractivity contribution >= 4 is 5.69 Å². The first-order valence-corrected chi connectivity index (χ1v) is 6.63. The zero-order valence-corrected chi connectivity index (χ0v) is 11.3. The molecule has 1 aliphatic heterocycles. The lowest BCUT2D eigenvalue weighted by atomic mass is 9.98. The first kappa shape index (κ1) is 15.7. The van der Waals surface area contributed by atoms with Gasteiger partial charge in [-0.25, -0.2) is 8.78 Å². The Morgan fingerprint density at radius 2 is 2.10 bits per heavy atom. The molecule has 6 nitrogen and oxygen atoms in total. The highest BCUT2D eigenvalue weighted by molar-refractivity contribution is 5.36. The molecule has 0 saturated carbocycles. The van der Waals surface area contributed by atoms with Crippen molar-refractivity contribution in [2.75, 3.05) is 32.8 Å². The number of benzene rings is 1. The molecule has 0 spiro atoms. The Morgan fingerprint density at radius 1 is 1.43 bits per heavy atom. The third-order valence-corrected chi connectivity index (χ3v) is 3.52. The second-order valence-electron chi connectivity index (χ2n) is 4.96. The summed E-state index contributed by atoms with van der Waals surface area (Å²) in [5.41, 5.74) is -0.0912. The van der Waals surface area contributed by atoms with E-state index in [0.717, 1.165) is 6.07 Å². The minimum absolute atomic E-state index is 0.144. The average Bonchev–Trinajstić information content (AvgIpc) is 2.48. The van der Waals surface area contributed by atoms with Crippen LogP contribution >= 0.6 is 0 Å². The summed E-state index contributed by atoms with van der Waals surface area (Å²) >= 11 is 0. The molecule has 0 unspecified atom stereocenters. The van der Waals surface area contributed by atoms with E-state index < -0.39 is 23.5 Å². The molecule has 1 aromatic carbocycles. The summed E-state index contributed by atoms with van der Waals surface area (Å²) in [6.45, 7) is 0.607. The SMILES string of the molecule is O=[N+]([O-])c1cccc([C@H](N2CCNCC2)C(F)(F)CO)c1. The third kappa shape index (κ3) is 3.52. The zero-order chi connectivity index (χ0) is 15.5. The average molecular weight is 301 g/mol. The van der Waals surface area contributed by atoms with Crippen molar-refractivity contribution in [3.63, 3.8) is 0 Å². The number of hydrogen-bond acceptors (Lipinski definition) is 5. The monoisotopic (exact) mass is 301 g/mol. The van der Waals surface area contributed by atoms with Crippen LogP contribution < -0.4 is 5.32 Å². The number of nitrogens with one attached hydrogen (secondary N) is 1. The summed E-state index contributed by atoms with van der Waals surface area (Å²) in [4.78, 5) is 11.7. The quantitative estimate of drug-likeness (QED) is 0.630. The van der Waals surface area contributed by atoms with Gasteiger partial charge in [0.25, 0.3) is 11.6 Å². The minimum atomic E-state index is -3.37. The number of nitro groups is 1. The molecule has 2 N–H and O–H groups in total. The highest BCUT2D eigenvalue weighted by Gasteiger charge is 2.44. The summed E-state index contributed by atoms with van der Waals surface area (Å²) in [7, 11) is 0. The van der Waals surface area contributed by atoms with Gasteiger partial charge in [0, 0.05) is 38.3 Å². The van der Waals surface area contributed by atoms with Gasteiger partial charge in [0.1, 0.15) is 12.6 Å². The Balaban J connectivity index is 2.39. The number of nitrogens with zero attached hydrogens (tertiary/aromatic N) is 2. The molecule has 0 amide bonds. The molecule has 1 saturated heterocycles. The normalized spacial score (nSPS) is 18.4. The summed E-state index contributed by atoms with van der Waals surface area (Å²) in [6.07, 6.45) is 0. The molecule has 1 heterocycles. The van der Waals surface area contributed by atoms with Gasteiger partial charge in [0.2, 0.25) is 0 Å². The first-order valence-electron chi connectivity index (χ1n) is 6.63. The van der Waals surface area contributed by atoms with Crippen molar-refractivity contribution < 1.29 is 18.8 Å². The highest BCUT2D eigenvalue weighted by atomic mass is 19.3. The molecule has 1 fully saturated rings. The fourth-order valence-corrected chi connectivity index (χ4v) is 2.56. The number of piperazine rings is 1. The van der Waals surface area contributed by atoms with E-state index in [4.69, 9.17) is 5.11 Å². The topological polar surface area (TPSA) is 78.6 Å². The molecular weight excluding hydrogens is 284 g/mol. The van der Waals surface area contributed by atoms with Crippen LogP contribution in [0.5, 0.6) is 0 Å². The molecule has 1 aromatic rings. The van der Waals surface area contributed by atoms with Crippen molar-refractivity contribution in [2.45, 2.75) is 12.0 Å². The van der Waals surface area contributed by atoms with E-state index in [2.05, 4.69) is 5.32 Å². The maximum Gasteiger partial charge on any atom is 0.289 e. The van der Waals surface area contributed by atoms with E-state index >= 15 is 0 Å². The van der Waals surface area contributed by atoms with E-state index in [9.17, 15) is 18.9 Å². The Kier molecular flexibility index (Phi) is 4.81. The molecule has 1 aliphatic rings. The van der Waals surface area contributed by atoms with Crippen LogP contribution in [0.25, 0.3) is 0 Å². The molecule has 8 heteroatoms. The molecule has 116 valence electrons. The fourth-order valence-electron chi connectivity index (χ4n) is 2.56. The van der Waals surface area contributed by atoms with Gasteiger partial charge in [-0.3, -0.25) is 15.0 Å². The maximum absolute atomic E-state index is 14.1. The first-order chi connectivity index (χ1) is 9.95. The predicted octanol–water partition coefficient (Wildman–Crippen LogP) is 1.17. The summed E-state index contributed by atoms with van der Waals surface area (Å²) in [6, 6.07) is 3.86. The molecule has 0 radical (unpaired) electrons. The van der Waals surface area contributed by atoms with Gasteiger partial charge in [-0.1, -0.05) is 12.1 Å². The van der Waals surface area contributed by atoms with Crippen molar-refractivity contribution in [2.24, 2.45) is 0 Å². The van der Waals surface area contributed by atoms with Crippen LogP contribution in [-0.2, 0) is 0 Å². The molecule has 1 atom stereocenters. The number of alkyl halides is 2. The van der Waals surface area contributed by atoms with E-state index in [1.807, 2.05) is 0 Å². The van der Waals surface area contributed by atoms with Gasteiger partial charge in [-0.2, -0.15) is 0 Å². The van der Waals surface area contributed by atoms with Crippen molar-refractivity contribution in [1.82, 2.24) is 10.2 Å². The molecular formula is C13H17F2N3O3. The Labute approximate surface area is 120 Å². The lowest BCUT2D eigenvalue weighted by molar-refractivity contribution is -0.385. The standard InChI is InChI=1S/C13H17F2N3O3/c14-13(15,9-19)12(17-6-4-16-5-7-17)10-2-1-3-11(8-10)18(20)21/h1-3,8,12,16,19H,4-7,9H2/t12-/m0/s1. The zero-order valence-electron chi connectivity index (χ0n) is 11.3. The lowest BCUT2D eigenvalue weighted by Gasteiger charge is -2.38. The largest absolute Gasteiger partial charge is 0.390 e. The van der Waals surface area contributed by atoms with Crippen LogP contribution in [0.15, 0.2) is 24.3 Å². The smallest absolute Gasteiger partial charge is 0.289 e. The van der Waals surface area contributed by atoms with Crippen LogP contribution in [-0.4, -0.2) is 53.6 Å². The predicted molar refractivity (Wildman–Crippen MR) is 72.3 cm³/mol. The van der Waals surface area contributed by atoms with E-state index in [1.54, 1.807) is 4.90 Å². The molecule has 0 aromatic heterocycles. The number of rotatable bonds is 5. The third-order valence-electron chi connectivity index (χ3n) is 3.52. The Bertz CT molecular complexity index is 507. The van der Waals surface area contributed by atoms with Crippen LogP contribution in [0, 0.1) is 10.1 Å². The highest BCUT2D eigenvalue weighted by Crippen LogP contribution is 2.37. The van der Waals surface area contributed by atoms with Crippen molar-refractivity contribution in [1.29, 1.82) is 0 Å². The van der Waals surface area contributed by atoms with Gasteiger partial charge in [-0.05, 0) is 5.56 Å². The van der Waals surface area contributed by atoms with Crippen molar-refractivity contribution in [3.05, 3.63) is 39.9 Å². The van der Waals surface area contributed by atoms with Gasteiger partial charge >= 0.3 is 0 Å². The van der Waals surface area contributed by atoms with Gasteiger partial charge < -0.3 is 10.4 Å². The van der Waals surface area contributed by atoms with Crippen LogP contribution in [0.3, 0.4) is 0 Å². The summed E-state index contributed by atoms with van der Waals surface area (Å²) in [5.74, 6) is -3.37. The summed E-state index contributed by atoms with van der Waals surface area (Å²) in [5, 5.41) is 22.9. The van der Waals surface area contributed by atoms with E-state index in [0.29, 0.717) is 26.2 Å². The Morgan fingerprint density at radius 3 is 2.67 bits per heavy atom.